The van der Waals surface area contributed by atoms with Crippen molar-refractivity contribution in [3.05, 3.63) is 66.2 Å². The summed E-state index contributed by atoms with van der Waals surface area (Å²) in [4.78, 5) is 12.3. The van der Waals surface area contributed by atoms with Crippen LogP contribution in [0.15, 0.2) is 48.9 Å². The Morgan fingerprint density at radius 1 is 1.11 bits per heavy atom. The van der Waals surface area contributed by atoms with Crippen molar-refractivity contribution in [2.75, 3.05) is 0 Å². The van der Waals surface area contributed by atoms with Crippen LogP contribution in [0.3, 0.4) is 0 Å². The Kier molecular flexibility index (Phi) is 4.19. The van der Waals surface area contributed by atoms with Crippen LogP contribution < -0.4 is 0 Å². The van der Waals surface area contributed by atoms with Gasteiger partial charge in [-0.15, -0.1) is 4.52 Å². The molecule has 0 aliphatic heterocycles. The summed E-state index contributed by atoms with van der Waals surface area (Å²) in [5.41, 5.74) is 3.44. The molecule has 0 radical (unpaired) electrons. The number of aromatic nitrogens is 5. The van der Waals surface area contributed by atoms with Crippen molar-refractivity contribution < 1.29 is 4.39 Å². The van der Waals surface area contributed by atoms with Gasteiger partial charge in [0.25, 0.3) is 5.82 Å². The average Bonchev–Trinajstić information content (AvgIpc) is 3.32. The minimum absolute atomic E-state index is 0.200. The number of benzene rings is 1. The van der Waals surface area contributed by atoms with Crippen LogP contribution in [0, 0.1) is 12.4 Å². The second kappa shape index (κ2) is 6.57. The molecule has 0 saturated heterocycles. The Balaban J connectivity index is 1.99. The van der Waals surface area contributed by atoms with Gasteiger partial charge in [0.1, 0.15) is 11.5 Å². The number of halogens is 1. The zero-order valence-corrected chi connectivity index (χ0v) is 15.9. The van der Waals surface area contributed by atoms with Gasteiger partial charge in [-0.2, -0.15) is 0 Å². The predicted octanol–water partition coefficient (Wildman–Crippen LogP) is 5.09. The van der Waals surface area contributed by atoms with Crippen LogP contribution in [0.2, 0.25) is 0 Å². The standard InChI is InChI=1S/C21H19FN6/c1-5-21(2,3)27-13-25-19(14-6-8-15(22)9-7-14)20(27)16-10-11-17-24-12-18(23-4)28(17)26-16/h6-13H,5H2,1-3H3. The molecule has 140 valence electrons. The minimum Gasteiger partial charge on any atom is -0.360 e. The van der Waals surface area contributed by atoms with Crippen LogP contribution in [0.25, 0.3) is 33.1 Å². The van der Waals surface area contributed by atoms with Crippen LogP contribution in [0.1, 0.15) is 27.2 Å². The van der Waals surface area contributed by atoms with E-state index in [4.69, 9.17) is 6.57 Å². The molecule has 0 atom stereocenters. The summed E-state index contributed by atoms with van der Waals surface area (Å²) in [5, 5.41) is 4.67. The van der Waals surface area contributed by atoms with E-state index < -0.39 is 0 Å². The fourth-order valence-corrected chi connectivity index (χ4v) is 3.11. The molecule has 28 heavy (non-hydrogen) atoms. The lowest BCUT2D eigenvalue weighted by molar-refractivity contribution is 0.345. The van der Waals surface area contributed by atoms with Crippen LogP contribution in [0.5, 0.6) is 0 Å². The average molecular weight is 374 g/mol. The third-order valence-corrected chi connectivity index (χ3v) is 5.10. The first-order valence-electron chi connectivity index (χ1n) is 9.01. The highest BCUT2D eigenvalue weighted by Gasteiger charge is 2.26. The summed E-state index contributed by atoms with van der Waals surface area (Å²) in [6.45, 7) is 13.7. The first-order chi connectivity index (χ1) is 13.4. The van der Waals surface area contributed by atoms with Crippen molar-refractivity contribution in [3.8, 4) is 22.6 Å². The van der Waals surface area contributed by atoms with E-state index in [1.807, 2.05) is 12.1 Å². The van der Waals surface area contributed by atoms with Gasteiger partial charge >= 0.3 is 0 Å². The van der Waals surface area contributed by atoms with Crippen LogP contribution >= 0.6 is 0 Å². The molecule has 6 nitrogen and oxygen atoms in total. The van der Waals surface area contributed by atoms with E-state index in [2.05, 4.69) is 45.2 Å². The van der Waals surface area contributed by atoms with Gasteiger partial charge in [0.05, 0.1) is 23.9 Å². The van der Waals surface area contributed by atoms with E-state index in [0.717, 1.165) is 23.4 Å². The van der Waals surface area contributed by atoms with E-state index in [0.29, 0.717) is 17.2 Å². The molecule has 7 heteroatoms. The summed E-state index contributed by atoms with van der Waals surface area (Å²) in [6.07, 6.45) is 4.19. The molecule has 0 fully saturated rings. The highest BCUT2D eigenvalue weighted by atomic mass is 19.1. The molecular formula is C21H19FN6. The number of nitrogens with zero attached hydrogens (tertiary/aromatic N) is 6. The number of fused-ring (bicyclic) bond motifs is 1. The quantitative estimate of drug-likeness (QED) is 0.467. The molecule has 4 aromatic rings. The third-order valence-electron chi connectivity index (χ3n) is 5.10. The van der Waals surface area contributed by atoms with Gasteiger partial charge in [0.2, 0.25) is 5.65 Å². The number of hydrogen-bond acceptors (Lipinski definition) is 3. The highest BCUT2D eigenvalue weighted by molar-refractivity contribution is 5.77. The second-order valence-electron chi connectivity index (χ2n) is 7.20. The molecular weight excluding hydrogens is 355 g/mol. The Labute approximate surface area is 162 Å². The fraction of sp³-hybridized carbons (Fsp3) is 0.238. The van der Waals surface area contributed by atoms with E-state index in [1.54, 1.807) is 18.5 Å². The van der Waals surface area contributed by atoms with Crippen molar-refractivity contribution in [2.45, 2.75) is 32.7 Å². The van der Waals surface area contributed by atoms with Gasteiger partial charge in [0, 0.05) is 17.2 Å². The minimum atomic E-state index is -0.293. The molecule has 3 aromatic heterocycles. The monoisotopic (exact) mass is 374 g/mol. The predicted molar refractivity (Wildman–Crippen MR) is 105 cm³/mol. The van der Waals surface area contributed by atoms with Gasteiger partial charge in [-0.25, -0.2) is 14.4 Å². The van der Waals surface area contributed by atoms with Gasteiger partial charge in [-0.05, 0) is 50.6 Å². The first-order valence-corrected chi connectivity index (χ1v) is 9.01. The number of hydrogen-bond donors (Lipinski definition) is 0. The normalized spacial score (nSPS) is 11.7. The van der Waals surface area contributed by atoms with Gasteiger partial charge in [-0.1, -0.05) is 18.6 Å². The summed E-state index contributed by atoms with van der Waals surface area (Å²) in [6, 6.07) is 9.99. The molecule has 4 rings (SSSR count). The molecule has 1 aromatic carbocycles. The van der Waals surface area contributed by atoms with E-state index >= 15 is 0 Å². The summed E-state index contributed by atoms with van der Waals surface area (Å²) in [5.74, 6) is 0.0549. The lowest BCUT2D eigenvalue weighted by atomic mass is 10.00. The summed E-state index contributed by atoms with van der Waals surface area (Å²) in [7, 11) is 0. The molecule has 0 N–H and O–H groups in total. The maximum Gasteiger partial charge on any atom is 0.275 e. The van der Waals surface area contributed by atoms with Gasteiger partial charge in [-0.3, -0.25) is 0 Å². The third kappa shape index (κ3) is 2.83. The molecule has 0 bridgehead atoms. The van der Waals surface area contributed by atoms with Crippen molar-refractivity contribution in [2.24, 2.45) is 0 Å². The number of imidazole rings is 2. The molecule has 0 aliphatic carbocycles. The Hall–Kier alpha value is -3.53. The Bertz CT molecular complexity index is 1190. The molecule has 0 aliphatic rings. The Morgan fingerprint density at radius 3 is 2.54 bits per heavy atom. The first kappa shape index (κ1) is 17.9. The molecule has 0 unspecified atom stereocenters. The van der Waals surface area contributed by atoms with E-state index in [1.165, 1.54) is 22.8 Å². The highest BCUT2D eigenvalue weighted by Crippen LogP contribution is 2.35. The second-order valence-corrected chi connectivity index (χ2v) is 7.20. The molecule has 0 spiro atoms. The van der Waals surface area contributed by atoms with Crippen molar-refractivity contribution in [3.63, 3.8) is 0 Å². The van der Waals surface area contributed by atoms with Crippen LogP contribution in [0.4, 0.5) is 10.2 Å². The van der Waals surface area contributed by atoms with Crippen LogP contribution in [-0.2, 0) is 5.54 Å². The fourth-order valence-electron chi connectivity index (χ4n) is 3.11. The largest absolute Gasteiger partial charge is 0.360 e. The smallest absolute Gasteiger partial charge is 0.275 e. The lowest BCUT2D eigenvalue weighted by Crippen LogP contribution is -2.25. The Morgan fingerprint density at radius 2 is 1.86 bits per heavy atom. The van der Waals surface area contributed by atoms with Gasteiger partial charge < -0.3 is 9.41 Å². The molecule has 3 heterocycles. The molecule has 0 amide bonds. The maximum atomic E-state index is 13.4. The van der Waals surface area contributed by atoms with Crippen molar-refractivity contribution in [1.29, 1.82) is 0 Å². The molecule has 0 saturated carbocycles. The number of rotatable bonds is 4. The zero-order valence-electron chi connectivity index (χ0n) is 15.9. The van der Waals surface area contributed by atoms with Crippen molar-refractivity contribution >= 4 is 11.5 Å². The SMILES string of the molecule is [C-]#[N+]c1cnc2ccc(-c3c(-c4ccc(F)cc4)ncn3C(C)(C)CC)nn12. The van der Waals surface area contributed by atoms with E-state index in [9.17, 15) is 4.39 Å². The summed E-state index contributed by atoms with van der Waals surface area (Å²) >= 11 is 0. The van der Waals surface area contributed by atoms with Gasteiger partial charge in [0.15, 0.2) is 0 Å². The lowest BCUT2D eigenvalue weighted by Gasteiger charge is -2.27. The van der Waals surface area contributed by atoms with Crippen LogP contribution in [-0.4, -0.2) is 24.1 Å². The maximum absolute atomic E-state index is 13.4. The summed E-state index contributed by atoms with van der Waals surface area (Å²) < 4.78 is 17.0. The zero-order chi connectivity index (χ0) is 19.9. The van der Waals surface area contributed by atoms with Crippen molar-refractivity contribution in [1.82, 2.24) is 24.1 Å². The topological polar surface area (TPSA) is 52.4 Å². The van der Waals surface area contributed by atoms with E-state index in [-0.39, 0.29) is 11.4 Å².